The quantitative estimate of drug-likeness (QED) is 0.372. The van der Waals surface area contributed by atoms with E-state index in [1.54, 1.807) is 25.1 Å². The van der Waals surface area contributed by atoms with Crippen LogP contribution in [0, 0.1) is 12.7 Å². The molecule has 1 aromatic heterocycles. The van der Waals surface area contributed by atoms with E-state index in [0.29, 0.717) is 53.5 Å². The maximum atomic E-state index is 13.7. The highest BCUT2D eigenvalue weighted by atomic mass is 19.1. The largest absolute Gasteiger partial charge is 0.340 e. The molecule has 2 amide bonds. The lowest BCUT2D eigenvalue weighted by Crippen LogP contribution is -2.56. The monoisotopic (exact) mass is 518 g/mol. The van der Waals surface area contributed by atoms with Crippen molar-refractivity contribution >= 4 is 34.7 Å². The number of carbonyl (C=O) groups excluding carboxylic acids is 2. The van der Waals surface area contributed by atoms with Crippen molar-refractivity contribution in [3.05, 3.63) is 70.3 Å². The number of amides is 2. The fourth-order valence-corrected chi connectivity index (χ4v) is 4.83. The number of allylic oxidation sites excluding steroid dienone is 4. The number of rotatable bonds is 6. The zero-order valence-electron chi connectivity index (χ0n) is 22.8. The molecule has 38 heavy (non-hydrogen) atoms. The number of fused-ring (bicyclic) bond motifs is 1. The number of aryl methyl sites for hydroxylation is 1. The number of piperazine rings is 1. The molecular weight excluding hydrogens is 483 g/mol. The van der Waals surface area contributed by atoms with Crippen LogP contribution < -0.4 is 16.0 Å². The fraction of sp³-hybridized carbons (Fsp3) is 0.379. The number of hydrogen-bond donors (Lipinski definition) is 3. The highest BCUT2D eigenvalue weighted by Crippen LogP contribution is 2.37. The second-order valence-electron chi connectivity index (χ2n) is 10.1. The third-order valence-corrected chi connectivity index (χ3v) is 6.89. The first kappa shape index (κ1) is 27.2. The summed E-state index contributed by atoms with van der Waals surface area (Å²) in [6.45, 7) is 13.0. The number of anilines is 3. The number of nitrogens with one attached hydrogen (secondary N) is 3. The summed E-state index contributed by atoms with van der Waals surface area (Å²) in [6.07, 6.45) is 5.69. The van der Waals surface area contributed by atoms with Gasteiger partial charge < -0.3 is 20.9 Å². The molecule has 0 aliphatic carbocycles. The van der Waals surface area contributed by atoms with Crippen molar-refractivity contribution in [2.45, 2.75) is 60.0 Å². The van der Waals surface area contributed by atoms with E-state index in [1.807, 2.05) is 31.7 Å². The van der Waals surface area contributed by atoms with Crippen molar-refractivity contribution in [1.29, 1.82) is 0 Å². The van der Waals surface area contributed by atoms with Gasteiger partial charge in [0.05, 0.1) is 11.1 Å². The number of halogens is 1. The molecule has 0 bridgehead atoms. The molecule has 4 rings (SSSR count). The third-order valence-electron chi connectivity index (χ3n) is 6.89. The molecule has 200 valence electrons. The minimum atomic E-state index is -0.295. The van der Waals surface area contributed by atoms with Crippen molar-refractivity contribution in [2.75, 3.05) is 23.7 Å². The Balaban J connectivity index is 1.65. The van der Waals surface area contributed by atoms with E-state index in [2.05, 4.69) is 39.8 Å². The Kier molecular flexibility index (Phi) is 8.06. The second kappa shape index (κ2) is 11.3. The molecule has 2 atom stereocenters. The van der Waals surface area contributed by atoms with Crippen molar-refractivity contribution in [3.63, 3.8) is 0 Å². The van der Waals surface area contributed by atoms with Crippen LogP contribution >= 0.6 is 0 Å². The maximum Gasteiger partial charge on any atom is 0.257 e. The summed E-state index contributed by atoms with van der Waals surface area (Å²) < 4.78 is 13.7. The molecule has 2 unspecified atom stereocenters. The lowest BCUT2D eigenvalue weighted by atomic mass is 10.0. The molecule has 0 saturated carbocycles. The van der Waals surface area contributed by atoms with Gasteiger partial charge in [-0.25, -0.2) is 14.4 Å². The highest BCUT2D eigenvalue weighted by molar-refractivity contribution is 6.32. The molecule has 0 radical (unpaired) electrons. The summed E-state index contributed by atoms with van der Waals surface area (Å²) in [6, 6.07) is 5.17. The highest BCUT2D eigenvalue weighted by Gasteiger charge is 2.30. The van der Waals surface area contributed by atoms with Crippen LogP contribution in [-0.2, 0) is 9.59 Å². The summed E-state index contributed by atoms with van der Waals surface area (Å²) in [5.41, 5.74) is 4.58. The normalized spacial score (nSPS) is 21.2. The van der Waals surface area contributed by atoms with E-state index in [9.17, 15) is 14.0 Å². The van der Waals surface area contributed by atoms with Gasteiger partial charge in [0, 0.05) is 36.4 Å². The minimum absolute atomic E-state index is 0.0472. The van der Waals surface area contributed by atoms with E-state index >= 15 is 0 Å². The molecule has 2 aromatic rings. The summed E-state index contributed by atoms with van der Waals surface area (Å²) in [5, 5.41) is 9.44. The number of benzene rings is 1. The molecule has 8 nitrogen and oxygen atoms in total. The molecule has 1 saturated heterocycles. The van der Waals surface area contributed by atoms with Crippen LogP contribution in [0.4, 0.5) is 21.7 Å². The fourth-order valence-electron chi connectivity index (χ4n) is 4.83. The predicted molar refractivity (Wildman–Crippen MR) is 148 cm³/mol. The third kappa shape index (κ3) is 5.83. The average Bonchev–Trinajstić information content (AvgIpc) is 3.19. The maximum absolute atomic E-state index is 13.7. The molecule has 3 heterocycles. The van der Waals surface area contributed by atoms with Gasteiger partial charge in [-0.1, -0.05) is 13.0 Å². The number of hydrogen-bond acceptors (Lipinski definition) is 6. The molecule has 9 heteroatoms. The number of carbonyl (C=O) groups is 2. The van der Waals surface area contributed by atoms with Gasteiger partial charge >= 0.3 is 0 Å². The van der Waals surface area contributed by atoms with Gasteiger partial charge in [0.25, 0.3) is 5.91 Å². The summed E-state index contributed by atoms with van der Waals surface area (Å²) in [4.78, 5) is 36.7. The molecule has 1 aromatic carbocycles. The first-order chi connectivity index (χ1) is 18.1. The van der Waals surface area contributed by atoms with E-state index in [0.717, 1.165) is 16.7 Å². The van der Waals surface area contributed by atoms with Crippen molar-refractivity contribution < 1.29 is 14.0 Å². The second-order valence-corrected chi connectivity index (χ2v) is 10.1. The molecule has 1 fully saturated rings. The van der Waals surface area contributed by atoms with Crippen LogP contribution in [0.5, 0.6) is 0 Å². The van der Waals surface area contributed by atoms with Gasteiger partial charge in [0.1, 0.15) is 23.8 Å². The Labute approximate surface area is 223 Å². The van der Waals surface area contributed by atoms with Gasteiger partial charge in [0.2, 0.25) is 5.91 Å². The zero-order valence-corrected chi connectivity index (χ0v) is 22.8. The van der Waals surface area contributed by atoms with Crippen molar-refractivity contribution in [1.82, 2.24) is 20.2 Å². The average molecular weight is 519 g/mol. The SMILES string of the molecule is CC\C(=C/C(C)=C(C)/C=C1\C(=O)Nc2ncnc(Nc3ccc(F)c(C)c3)c21)C(=O)N1CC(C)NC(C)C1. The van der Waals surface area contributed by atoms with Crippen LogP contribution in [0.3, 0.4) is 0 Å². The van der Waals surface area contributed by atoms with Crippen LogP contribution in [0.15, 0.2) is 53.4 Å². The number of aromatic nitrogens is 2. The molecule has 2 aliphatic rings. The molecule has 2 aliphatic heterocycles. The van der Waals surface area contributed by atoms with Crippen LogP contribution in [0.25, 0.3) is 5.57 Å². The first-order valence-electron chi connectivity index (χ1n) is 12.9. The Morgan fingerprint density at radius 3 is 2.55 bits per heavy atom. The van der Waals surface area contributed by atoms with Crippen molar-refractivity contribution in [2.24, 2.45) is 0 Å². The summed E-state index contributed by atoms with van der Waals surface area (Å²) in [7, 11) is 0. The van der Waals surface area contributed by atoms with E-state index in [4.69, 9.17) is 0 Å². The van der Waals surface area contributed by atoms with Gasteiger partial charge in [-0.15, -0.1) is 0 Å². The molecular formula is C29H35FN6O2. The van der Waals surface area contributed by atoms with Crippen molar-refractivity contribution in [3.8, 4) is 0 Å². The predicted octanol–water partition coefficient (Wildman–Crippen LogP) is 4.88. The Morgan fingerprint density at radius 2 is 1.89 bits per heavy atom. The minimum Gasteiger partial charge on any atom is -0.340 e. The first-order valence-corrected chi connectivity index (χ1v) is 12.9. The number of nitrogens with zero attached hydrogens (tertiary/aromatic N) is 3. The Hall–Kier alpha value is -3.85. The lowest BCUT2D eigenvalue weighted by molar-refractivity contribution is -0.129. The van der Waals surface area contributed by atoms with Crippen LogP contribution in [0.2, 0.25) is 0 Å². The molecule has 3 N–H and O–H groups in total. The van der Waals surface area contributed by atoms with Gasteiger partial charge in [0.15, 0.2) is 0 Å². The standard InChI is InChI=1S/C29H35FN6O2/c1-7-21(29(38)36-13-19(5)33-20(6)14-36)10-16(2)17(3)12-23-25-26(31-15-32-27(25)35-28(23)37)34-22-8-9-24(30)18(4)11-22/h8-12,15,19-20,33H,7,13-14H2,1-6H3,(H2,31,32,34,35,37)/b17-16+,21-10+,23-12-. The smallest absolute Gasteiger partial charge is 0.257 e. The molecule has 0 spiro atoms. The van der Waals surface area contributed by atoms with E-state index in [1.165, 1.54) is 12.4 Å². The van der Waals surface area contributed by atoms with Crippen LogP contribution in [-0.4, -0.2) is 51.9 Å². The van der Waals surface area contributed by atoms with Crippen LogP contribution in [0.1, 0.15) is 52.2 Å². The lowest BCUT2D eigenvalue weighted by Gasteiger charge is -2.36. The van der Waals surface area contributed by atoms with Gasteiger partial charge in [-0.2, -0.15) is 0 Å². The Bertz CT molecular complexity index is 1350. The Morgan fingerprint density at radius 1 is 1.18 bits per heavy atom. The van der Waals surface area contributed by atoms with Gasteiger partial charge in [-0.3, -0.25) is 9.59 Å². The van der Waals surface area contributed by atoms with E-state index in [-0.39, 0.29) is 29.7 Å². The topological polar surface area (TPSA) is 99.2 Å². The van der Waals surface area contributed by atoms with Gasteiger partial charge in [-0.05, 0) is 82.0 Å². The summed E-state index contributed by atoms with van der Waals surface area (Å²) >= 11 is 0. The summed E-state index contributed by atoms with van der Waals surface area (Å²) in [5.74, 6) is 0.315. The zero-order chi connectivity index (χ0) is 27.6. The van der Waals surface area contributed by atoms with E-state index < -0.39 is 0 Å².